The predicted octanol–water partition coefficient (Wildman–Crippen LogP) is 3.11. The number of nitrogens with zero attached hydrogens (tertiary/aromatic N) is 4. The van der Waals surface area contributed by atoms with Crippen molar-refractivity contribution in [1.82, 2.24) is 19.6 Å². The lowest BCUT2D eigenvalue weighted by atomic mass is 10.2. The highest BCUT2D eigenvalue weighted by atomic mass is 19.2. The van der Waals surface area contributed by atoms with Crippen LogP contribution in [0.1, 0.15) is 21.9 Å². The van der Waals surface area contributed by atoms with Crippen LogP contribution >= 0.6 is 0 Å². The van der Waals surface area contributed by atoms with Crippen molar-refractivity contribution in [3.8, 4) is 5.75 Å². The summed E-state index contributed by atoms with van der Waals surface area (Å²) in [6.45, 7) is 2.60. The highest BCUT2D eigenvalue weighted by Crippen LogP contribution is 2.27. The Balaban J connectivity index is 1.32. The van der Waals surface area contributed by atoms with Gasteiger partial charge in [-0.2, -0.15) is 13.9 Å². The fourth-order valence-corrected chi connectivity index (χ4v) is 3.47. The van der Waals surface area contributed by atoms with Crippen LogP contribution in [0.4, 0.5) is 17.6 Å². The number of aromatic nitrogens is 2. The normalized spacial score (nSPS) is 14.7. The number of hydrogen-bond donors (Lipinski definition) is 0. The molecule has 11 heteroatoms. The molecule has 1 aliphatic rings. The van der Waals surface area contributed by atoms with Crippen molar-refractivity contribution in [3.63, 3.8) is 0 Å². The van der Waals surface area contributed by atoms with Crippen molar-refractivity contribution >= 4 is 5.91 Å². The largest absolute Gasteiger partial charge is 0.479 e. The van der Waals surface area contributed by atoms with Gasteiger partial charge in [-0.3, -0.25) is 14.4 Å². The molecule has 0 bridgehead atoms. The molecule has 1 aromatic carbocycles. The van der Waals surface area contributed by atoms with Gasteiger partial charge in [-0.15, -0.1) is 0 Å². The Morgan fingerprint density at radius 1 is 1.09 bits per heavy atom. The number of furan rings is 1. The monoisotopic (exact) mass is 452 g/mol. The number of aryl methyl sites for hydroxylation is 1. The molecule has 0 aliphatic carbocycles. The zero-order valence-electron chi connectivity index (χ0n) is 17.2. The van der Waals surface area contributed by atoms with Gasteiger partial charge in [-0.1, -0.05) is 0 Å². The van der Waals surface area contributed by atoms with E-state index in [1.165, 1.54) is 12.1 Å². The fraction of sp³-hybridized carbons (Fsp3) is 0.333. The zero-order chi connectivity index (χ0) is 22.8. The lowest BCUT2D eigenvalue weighted by molar-refractivity contribution is 0.0594. The average molecular weight is 452 g/mol. The Morgan fingerprint density at radius 2 is 1.78 bits per heavy atom. The van der Waals surface area contributed by atoms with Crippen LogP contribution in [0.3, 0.4) is 0 Å². The number of ether oxygens (including phenoxy) is 1. The second-order valence-electron chi connectivity index (χ2n) is 7.44. The second-order valence-corrected chi connectivity index (χ2v) is 7.44. The molecule has 170 valence electrons. The van der Waals surface area contributed by atoms with Gasteiger partial charge in [0.2, 0.25) is 11.6 Å². The van der Waals surface area contributed by atoms with Crippen molar-refractivity contribution < 1.29 is 31.5 Å². The van der Waals surface area contributed by atoms with Crippen molar-refractivity contribution in [2.24, 2.45) is 7.05 Å². The van der Waals surface area contributed by atoms with E-state index in [2.05, 4.69) is 10.00 Å². The quantitative estimate of drug-likeness (QED) is 0.425. The lowest BCUT2D eigenvalue weighted by Crippen LogP contribution is -2.48. The van der Waals surface area contributed by atoms with Gasteiger partial charge in [-0.05, 0) is 12.1 Å². The van der Waals surface area contributed by atoms with Crippen molar-refractivity contribution in [2.45, 2.75) is 13.2 Å². The number of halogens is 4. The number of benzene rings is 1. The van der Waals surface area contributed by atoms with Crippen LogP contribution in [0.15, 0.2) is 35.0 Å². The van der Waals surface area contributed by atoms with Crippen LogP contribution in [0.25, 0.3) is 0 Å². The van der Waals surface area contributed by atoms with Gasteiger partial charge in [0.05, 0.1) is 6.20 Å². The first-order valence-corrected chi connectivity index (χ1v) is 9.85. The molecule has 4 rings (SSSR count). The molecule has 0 N–H and O–H groups in total. The van der Waals surface area contributed by atoms with Crippen LogP contribution in [-0.2, 0) is 20.2 Å². The van der Waals surface area contributed by atoms with E-state index in [4.69, 9.17) is 9.15 Å². The van der Waals surface area contributed by atoms with E-state index in [0.29, 0.717) is 26.2 Å². The molecule has 1 saturated heterocycles. The molecule has 3 heterocycles. The molecule has 2 aromatic heterocycles. The highest BCUT2D eigenvalue weighted by molar-refractivity contribution is 5.91. The minimum atomic E-state index is -1.64. The first-order chi connectivity index (χ1) is 15.3. The summed E-state index contributed by atoms with van der Waals surface area (Å²) >= 11 is 0. The molecule has 0 spiro atoms. The Bertz CT molecular complexity index is 1100. The third-order valence-corrected chi connectivity index (χ3v) is 5.13. The lowest BCUT2D eigenvalue weighted by Gasteiger charge is -2.34. The molecule has 32 heavy (non-hydrogen) atoms. The number of hydrogen-bond acceptors (Lipinski definition) is 5. The van der Waals surface area contributed by atoms with Gasteiger partial charge >= 0.3 is 0 Å². The van der Waals surface area contributed by atoms with Crippen molar-refractivity contribution in [3.05, 3.63) is 70.9 Å². The number of carbonyl (C=O) groups excluding carboxylic acids is 1. The van der Waals surface area contributed by atoms with E-state index in [1.807, 2.05) is 13.2 Å². The summed E-state index contributed by atoms with van der Waals surface area (Å²) in [7, 11) is 1.85. The summed E-state index contributed by atoms with van der Waals surface area (Å²) in [5, 5.41) is 4.14. The highest BCUT2D eigenvalue weighted by Gasteiger charge is 2.25. The number of amides is 1. The van der Waals surface area contributed by atoms with E-state index < -0.39 is 35.6 Å². The van der Waals surface area contributed by atoms with E-state index in [1.54, 1.807) is 15.8 Å². The average Bonchev–Trinajstić information content (AvgIpc) is 3.41. The molecule has 3 aromatic rings. The smallest absolute Gasteiger partial charge is 0.289 e. The number of carbonyl (C=O) groups is 1. The topological polar surface area (TPSA) is 63.7 Å². The minimum Gasteiger partial charge on any atom is -0.479 e. The Labute approximate surface area is 180 Å². The molecule has 1 aliphatic heterocycles. The maximum Gasteiger partial charge on any atom is 0.289 e. The molecule has 0 radical (unpaired) electrons. The van der Waals surface area contributed by atoms with Crippen molar-refractivity contribution in [1.29, 1.82) is 0 Å². The summed E-state index contributed by atoms with van der Waals surface area (Å²) in [5.41, 5.74) is 1.09. The van der Waals surface area contributed by atoms with Crippen LogP contribution < -0.4 is 4.74 Å². The van der Waals surface area contributed by atoms with Crippen LogP contribution in [0, 0.1) is 23.3 Å². The van der Waals surface area contributed by atoms with Gasteiger partial charge in [0.25, 0.3) is 5.91 Å². The van der Waals surface area contributed by atoms with E-state index >= 15 is 0 Å². The zero-order valence-corrected chi connectivity index (χ0v) is 17.2. The van der Waals surface area contributed by atoms with E-state index in [0.717, 1.165) is 12.1 Å². The molecule has 1 amide bonds. The molecule has 1 fully saturated rings. The minimum absolute atomic E-state index is 0.0377. The summed E-state index contributed by atoms with van der Waals surface area (Å²) in [6.07, 6.45) is 3.75. The first-order valence-electron chi connectivity index (χ1n) is 9.85. The summed E-state index contributed by atoms with van der Waals surface area (Å²) < 4.78 is 65.9. The van der Waals surface area contributed by atoms with Gasteiger partial charge in [0, 0.05) is 57.6 Å². The molecule has 0 saturated carbocycles. The molecule has 0 atom stereocenters. The predicted molar refractivity (Wildman–Crippen MR) is 104 cm³/mol. The maximum absolute atomic E-state index is 13.7. The van der Waals surface area contributed by atoms with Gasteiger partial charge < -0.3 is 14.1 Å². The Kier molecular flexibility index (Phi) is 6.17. The third kappa shape index (κ3) is 4.62. The Morgan fingerprint density at radius 3 is 2.41 bits per heavy atom. The number of rotatable bonds is 6. The van der Waals surface area contributed by atoms with E-state index in [9.17, 15) is 22.4 Å². The summed E-state index contributed by atoms with van der Waals surface area (Å²) in [4.78, 5) is 16.5. The van der Waals surface area contributed by atoms with Gasteiger partial charge in [-0.25, -0.2) is 8.78 Å². The maximum atomic E-state index is 13.7. The van der Waals surface area contributed by atoms with Crippen molar-refractivity contribution in [2.75, 3.05) is 26.2 Å². The van der Waals surface area contributed by atoms with Crippen LogP contribution in [0.5, 0.6) is 5.75 Å². The van der Waals surface area contributed by atoms with Gasteiger partial charge in [0.15, 0.2) is 23.1 Å². The second kappa shape index (κ2) is 9.03. The van der Waals surface area contributed by atoms with Gasteiger partial charge in [0.1, 0.15) is 12.4 Å². The van der Waals surface area contributed by atoms with Crippen LogP contribution in [0.2, 0.25) is 0 Å². The molecular weight excluding hydrogens is 432 g/mol. The SMILES string of the molecule is Cn1cc(CN2CCN(C(=O)c3ccc(COc4c(F)c(F)cc(F)c4F)o3)CC2)cn1. The summed E-state index contributed by atoms with van der Waals surface area (Å²) in [6, 6.07) is 2.91. The summed E-state index contributed by atoms with van der Waals surface area (Å²) in [5.74, 6) is -7.83. The third-order valence-electron chi connectivity index (χ3n) is 5.13. The number of piperazine rings is 1. The first kappa shape index (κ1) is 21.9. The van der Waals surface area contributed by atoms with E-state index in [-0.39, 0.29) is 23.5 Å². The molecule has 0 unspecified atom stereocenters. The standard InChI is InChI=1S/C21H20F4N4O3/c1-27-10-13(9-26-27)11-28-4-6-29(7-5-28)21(30)17-3-2-14(32-17)12-31-20-18(24)15(22)8-16(23)19(20)25/h2-3,8-10H,4-7,11-12H2,1H3. The van der Waals surface area contributed by atoms with Crippen LogP contribution in [-0.4, -0.2) is 51.7 Å². The fourth-order valence-electron chi connectivity index (χ4n) is 3.47. The molecular formula is C21H20F4N4O3. The Hall–Kier alpha value is -3.34. The molecule has 7 nitrogen and oxygen atoms in total.